The number of rotatable bonds is 12. The van der Waals surface area contributed by atoms with Crippen molar-refractivity contribution < 1.29 is 9.90 Å². The number of carbonyl (C=O) groups is 1. The molecule has 8 nitrogen and oxygen atoms in total. The van der Waals surface area contributed by atoms with Crippen LogP contribution >= 0.6 is 0 Å². The van der Waals surface area contributed by atoms with Gasteiger partial charge in [-0.3, -0.25) is 9.59 Å². The van der Waals surface area contributed by atoms with Crippen molar-refractivity contribution in [1.29, 1.82) is 0 Å². The summed E-state index contributed by atoms with van der Waals surface area (Å²) in [4.78, 5) is 42.9. The topological polar surface area (TPSA) is 112 Å². The van der Waals surface area contributed by atoms with E-state index in [1.807, 2.05) is 73.3 Å². The molecule has 0 fully saturated rings. The van der Waals surface area contributed by atoms with Crippen molar-refractivity contribution in [2.24, 2.45) is 0 Å². The molecule has 36 heavy (non-hydrogen) atoms. The van der Waals surface area contributed by atoms with Crippen LogP contribution in [0.15, 0.2) is 70.4 Å². The van der Waals surface area contributed by atoms with Crippen molar-refractivity contribution >= 4 is 39.6 Å². The Balaban J connectivity index is 1.49. The van der Waals surface area contributed by atoms with Gasteiger partial charge in [0.1, 0.15) is 23.2 Å². The fraction of sp³-hybridized carbons (Fsp3) is 0.286. The normalized spacial score (nSPS) is 11.9. The maximum absolute atomic E-state index is 12.3. The van der Waals surface area contributed by atoms with E-state index in [2.05, 4.69) is 15.6 Å². The zero-order valence-corrected chi connectivity index (χ0v) is 20.5. The standard InChI is InChI=1S/C28H30N4O4/c1-3-15-32(16-4-2)24-23(25(33)26(24)34)31-22(28(35)36)17-18-9-11-20(12-10-18)30-27-21-8-6-5-7-19(21)13-14-29-27/h5-14,22,31H,3-4,15-17H2,1-2H3,(H,29,30)(H,35,36)/t22-/m0/s1. The van der Waals surface area contributed by atoms with Crippen LogP contribution in [0.5, 0.6) is 0 Å². The van der Waals surface area contributed by atoms with Crippen molar-refractivity contribution in [3.05, 3.63) is 86.8 Å². The van der Waals surface area contributed by atoms with Crippen LogP contribution in [0.4, 0.5) is 22.9 Å². The molecular formula is C28H30N4O4. The van der Waals surface area contributed by atoms with E-state index in [4.69, 9.17) is 0 Å². The number of aromatic nitrogens is 1. The highest BCUT2D eigenvalue weighted by atomic mass is 16.4. The predicted molar refractivity (Wildman–Crippen MR) is 144 cm³/mol. The second kappa shape index (κ2) is 11.0. The highest BCUT2D eigenvalue weighted by Crippen LogP contribution is 2.25. The molecule has 1 heterocycles. The predicted octanol–water partition coefficient (Wildman–Crippen LogP) is 4.31. The van der Waals surface area contributed by atoms with E-state index in [0.717, 1.165) is 40.7 Å². The fourth-order valence-corrected chi connectivity index (χ4v) is 4.38. The first-order chi connectivity index (χ1) is 17.4. The summed E-state index contributed by atoms with van der Waals surface area (Å²) in [5, 5.41) is 18.1. The number of hydrogen-bond acceptors (Lipinski definition) is 7. The van der Waals surface area contributed by atoms with Gasteiger partial charge >= 0.3 is 5.97 Å². The number of pyridine rings is 1. The molecule has 0 radical (unpaired) electrons. The zero-order chi connectivity index (χ0) is 25.7. The molecule has 1 atom stereocenters. The van der Waals surface area contributed by atoms with E-state index in [1.165, 1.54) is 0 Å². The molecule has 0 bridgehead atoms. The van der Waals surface area contributed by atoms with Crippen LogP contribution in [0.2, 0.25) is 0 Å². The Bertz CT molecular complexity index is 1410. The van der Waals surface area contributed by atoms with E-state index in [-0.39, 0.29) is 12.1 Å². The molecule has 3 aromatic carbocycles. The maximum atomic E-state index is 12.3. The van der Waals surface area contributed by atoms with Crippen LogP contribution in [0.1, 0.15) is 32.3 Å². The number of benzene rings is 2. The number of hydrogen-bond donors (Lipinski definition) is 3. The number of carboxylic acids is 1. The summed E-state index contributed by atoms with van der Waals surface area (Å²) in [6, 6.07) is 16.3. The number of fused-ring (bicyclic) bond motifs is 1. The molecule has 0 aliphatic heterocycles. The minimum absolute atomic E-state index is 0.106. The van der Waals surface area contributed by atoms with Gasteiger partial charge in [-0.15, -0.1) is 0 Å². The number of nitrogens with one attached hydrogen (secondary N) is 2. The maximum Gasteiger partial charge on any atom is 0.326 e. The van der Waals surface area contributed by atoms with Crippen molar-refractivity contribution in [3.8, 4) is 0 Å². The molecule has 0 unspecified atom stereocenters. The van der Waals surface area contributed by atoms with Gasteiger partial charge < -0.3 is 20.6 Å². The zero-order valence-electron chi connectivity index (χ0n) is 20.5. The Kier molecular flexibility index (Phi) is 7.63. The lowest BCUT2D eigenvalue weighted by Crippen LogP contribution is -2.46. The van der Waals surface area contributed by atoms with Crippen LogP contribution in [0, 0.1) is 0 Å². The van der Waals surface area contributed by atoms with E-state index >= 15 is 0 Å². The minimum Gasteiger partial charge on any atom is -0.480 e. The SMILES string of the molecule is CCCN(CCC)c1c(N[C@@H](Cc2ccc(Nc3nccc4ccccc34)cc2)C(=O)O)c(=O)c1=O. The lowest BCUT2D eigenvalue weighted by molar-refractivity contribution is -0.137. The molecule has 0 aliphatic rings. The van der Waals surface area contributed by atoms with Gasteiger partial charge in [-0.05, 0) is 42.0 Å². The Labute approximate surface area is 209 Å². The van der Waals surface area contributed by atoms with Gasteiger partial charge in [-0.25, -0.2) is 9.78 Å². The first-order valence-corrected chi connectivity index (χ1v) is 12.2. The Morgan fingerprint density at radius 3 is 2.33 bits per heavy atom. The molecule has 8 heteroatoms. The second-order valence-corrected chi connectivity index (χ2v) is 8.81. The van der Waals surface area contributed by atoms with Crippen molar-refractivity contribution in [1.82, 2.24) is 4.98 Å². The molecule has 0 saturated carbocycles. The van der Waals surface area contributed by atoms with Gasteiger partial charge in [-0.1, -0.05) is 50.2 Å². The largest absolute Gasteiger partial charge is 0.480 e. The molecule has 0 aliphatic carbocycles. The average molecular weight is 487 g/mol. The van der Waals surface area contributed by atoms with E-state index < -0.39 is 22.9 Å². The van der Waals surface area contributed by atoms with Gasteiger partial charge in [0.2, 0.25) is 0 Å². The molecule has 1 aromatic heterocycles. The summed E-state index contributed by atoms with van der Waals surface area (Å²) in [6.45, 7) is 5.25. The summed E-state index contributed by atoms with van der Waals surface area (Å²) in [7, 11) is 0. The molecule has 0 spiro atoms. The van der Waals surface area contributed by atoms with Crippen LogP contribution in [-0.2, 0) is 11.2 Å². The average Bonchev–Trinajstić information content (AvgIpc) is 2.88. The summed E-state index contributed by atoms with van der Waals surface area (Å²) >= 11 is 0. The van der Waals surface area contributed by atoms with Gasteiger partial charge in [-0.2, -0.15) is 0 Å². The summed E-state index contributed by atoms with van der Waals surface area (Å²) < 4.78 is 0. The Morgan fingerprint density at radius 1 is 0.972 bits per heavy atom. The van der Waals surface area contributed by atoms with E-state index in [1.54, 1.807) is 6.20 Å². The van der Waals surface area contributed by atoms with Gasteiger partial charge in [0.15, 0.2) is 0 Å². The molecule has 4 aromatic rings. The third-order valence-corrected chi connectivity index (χ3v) is 6.14. The van der Waals surface area contributed by atoms with Crippen LogP contribution in [-0.4, -0.2) is 35.2 Å². The number of aliphatic carboxylic acids is 1. The molecule has 0 amide bonds. The lowest BCUT2D eigenvalue weighted by Gasteiger charge is -2.28. The monoisotopic (exact) mass is 486 g/mol. The number of nitrogens with zero attached hydrogens (tertiary/aromatic N) is 2. The molecule has 0 saturated heterocycles. The molecule has 4 rings (SSSR count). The van der Waals surface area contributed by atoms with E-state index in [9.17, 15) is 19.5 Å². The Morgan fingerprint density at radius 2 is 1.67 bits per heavy atom. The molecule has 186 valence electrons. The molecular weight excluding hydrogens is 456 g/mol. The van der Waals surface area contributed by atoms with Gasteiger partial charge in [0.25, 0.3) is 10.9 Å². The first-order valence-electron chi connectivity index (χ1n) is 12.2. The lowest BCUT2D eigenvalue weighted by atomic mass is 10.0. The second-order valence-electron chi connectivity index (χ2n) is 8.81. The fourth-order valence-electron chi connectivity index (χ4n) is 4.38. The van der Waals surface area contributed by atoms with Gasteiger partial charge in [0.05, 0.1) is 0 Å². The highest BCUT2D eigenvalue weighted by Gasteiger charge is 2.29. The van der Waals surface area contributed by atoms with Crippen molar-refractivity contribution in [3.63, 3.8) is 0 Å². The minimum atomic E-state index is -1.09. The van der Waals surface area contributed by atoms with Crippen LogP contribution in [0.25, 0.3) is 10.8 Å². The third-order valence-electron chi connectivity index (χ3n) is 6.14. The third kappa shape index (κ3) is 5.22. The Hall–Kier alpha value is -4.20. The number of anilines is 4. The van der Waals surface area contributed by atoms with Crippen LogP contribution < -0.4 is 26.4 Å². The quantitative estimate of drug-likeness (QED) is 0.254. The van der Waals surface area contributed by atoms with E-state index in [0.29, 0.717) is 18.8 Å². The van der Waals surface area contributed by atoms with Crippen LogP contribution in [0.3, 0.4) is 0 Å². The summed E-state index contributed by atoms with van der Waals surface area (Å²) in [5.74, 6) is -0.351. The van der Waals surface area contributed by atoms with Gasteiger partial charge in [0, 0.05) is 36.8 Å². The smallest absolute Gasteiger partial charge is 0.326 e. The molecule has 3 N–H and O–H groups in total. The summed E-state index contributed by atoms with van der Waals surface area (Å²) in [5.41, 5.74) is 0.802. The first kappa shape index (κ1) is 24.9. The highest BCUT2D eigenvalue weighted by molar-refractivity contribution is 5.93. The van der Waals surface area contributed by atoms with Crippen molar-refractivity contribution in [2.45, 2.75) is 39.2 Å². The summed E-state index contributed by atoms with van der Waals surface area (Å²) in [6.07, 6.45) is 3.53. The number of carboxylic acid groups (broad SMARTS) is 1. The van der Waals surface area contributed by atoms with Crippen molar-refractivity contribution in [2.75, 3.05) is 28.6 Å².